The Kier molecular flexibility index (Phi) is 5.54. The number of allylic oxidation sites excluding steroid dienone is 1. The quantitative estimate of drug-likeness (QED) is 0.359. The van der Waals surface area contributed by atoms with Gasteiger partial charge in [-0.3, -0.25) is 29.8 Å². The minimum Gasteiger partial charge on any atom is -0.334 e. The summed E-state index contributed by atoms with van der Waals surface area (Å²) < 4.78 is 0. The normalized spacial score (nSPS) is 22.0. The molecule has 164 valence electrons. The maximum absolute atomic E-state index is 12.7. The number of rotatable bonds is 5. The van der Waals surface area contributed by atoms with Crippen LogP contribution in [0.3, 0.4) is 0 Å². The zero-order valence-electron chi connectivity index (χ0n) is 16.7. The molecule has 11 heteroatoms. The molecule has 0 aromatic heterocycles. The van der Waals surface area contributed by atoms with Crippen molar-refractivity contribution in [2.24, 2.45) is 5.92 Å². The molecular formula is C21H19N5O6. The number of nitro benzene ring substituents is 1. The standard InChI is InChI=1S/C21H19N5O6/c27-18-7-6-17(19(28)24-18)25-11-13-8-12(4-5-16(13)20(25)29)10-22-21(30)23-14-2-1-3-15(9-14)26(31)32/h1-5,8-9,11,16-17H,6-7,10H2,(H2,22,23,30)(H,24,27,28). The minimum atomic E-state index is -0.720. The predicted molar refractivity (Wildman–Crippen MR) is 112 cm³/mol. The number of carbonyl (C=O) groups excluding carboxylic acids is 4. The van der Waals surface area contributed by atoms with Gasteiger partial charge < -0.3 is 15.5 Å². The smallest absolute Gasteiger partial charge is 0.319 e. The van der Waals surface area contributed by atoms with E-state index in [-0.39, 0.29) is 42.6 Å². The van der Waals surface area contributed by atoms with Crippen LogP contribution in [0.15, 0.2) is 59.8 Å². The monoisotopic (exact) mass is 437 g/mol. The summed E-state index contributed by atoms with van der Waals surface area (Å²) in [7, 11) is 0. The lowest BCUT2D eigenvalue weighted by Crippen LogP contribution is -2.52. The molecule has 1 fully saturated rings. The first-order valence-corrected chi connectivity index (χ1v) is 9.87. The van der Waals surface area contributed by atoms with Gasteiger partial charge in [-0.25, -0.2) is 4.79 Å². The largest absolute Gasteiger partial charge is 0.334 e. The molecule has 11 nitrogen and oxygen atoms in total. The number of amides is 5. The van der Waals surface area contributed by atoms with Gasteiger partial charge in [-0.2, -0.15) is 0 Å². The molecule has 3 N–H and O–H groups in total. The number of nitro groups is 1. The zero-order valence-corrected chi connectivity index (χ0v) is 16.7. The van der Waals surface area contributed by atoms with Crippen LogP contribution in [0.4, 0.5) is 16.2 Å². The van der Waals surface area contributed by atoms with Crippen molar-refractivity contribution in [3.8, 4) is 0 Å². The second kappa shape index (κ2) is 8.46. The van der Waals surface area contributed by atoms with Gasteiger partial charge in [0.1, 0.15) is 6.04 Å². The van der Waals surface area contributed by atoms with E-state index in [0.29, 0.717) is 5.57 Å². The molecule has 2 atom stereocenters. The number of non-ortho nitro benzene ring substituents is 1. The second-order valence-corrected chi connectivity index (χ2v) is 7.51. The zero-order chi connectivity index (χ0) is 22.8. The summed E-state index contributed by atoms with van der Waals surface area (Å²) in [5.74, 6) is -1.59. The number of nitrogens with zero attached hydrogens (tertiary/aromatic N) is 2. The molecule has 1 aromatic carbocycles. The summed E-state index contributed by atoms with van der Waals surface area (Å²) in [5, 5.41) is 18.3. The highest BCUT2D eigenvalue weighted by Crippen LogP contribution is 2.32. The summed E-state index contributed by atoms with van der Waals surface area (Å²) >= 11 is 0. The highest BCUT2D eigenvalue weighted by Gasteiger charge is 2.40. The van der Waals surface area contributed by atoms with Crippen molar-refractivity contribution >= 4 is 35.1 Å². The lowest BCUT2D eigenvalue weighted by atomic mass is 9.93. The Labute approximate surface area is 182 Å². The summed E-state index contributed by atoms with van der Waals surface area (Å²) in [6.45, 7) is 0.161. The van der Waals surface area contributed by atoms with Crippen molar-refractivity contribution in [1.29, 1.82) is 0 Å². The first-order chi connectivity index (χ1) is 15.3. The Balaban J connectivity index is 1.38. The number of benzene rings is 1. The molecule has 1 saturated heterocycles. The molecule has 2 heterocycles. The number of anilines is 1. The second-order valence-electron chi connectivity index (χ2n) is 7.51. The molecule has 32 heavy (non-hydrogen) atoms. The Hall–Kier alpha value is -4.28. The third-order valence-electron chi connectivity index (χ3n) is 5.34. The van der Waals surface area contributed by atoms with Crippen LogP contribution in [0.25, 0.3) is 0 Å². The lowest BCUT2D eigenvalue weighted by molar-refractivity contribution is -0.384. The number of carbonyl (C=O) groups is 4. The fourth-order valence-electron chi connectivity index (χ4n) is 3.77. The fraction of sp³-hybridized carbons (Fsp3) is 0.238. The third kappa shape index (κ3) is 4.26. The predicted octanol–water partition coefficient (Wildman–Crippen LogP) is 1.36. The van der Waals surface area contributed by atoms with Crippen molar-refractivity contribution in [3.05, 3.63) is 70.0 Å². The average Bonchev–Trinajstić information content (AvgIpc) is 3.08. The van der Waals surface area contributed by atoms with Crippen molar-refractivity contribution in [3.63, 3.8) is 0 Å². The summed E-state index contributed by atoms with van der Waals surface area (Å²) in [5.41, 5.74) is 1.58. The van der Waals surface area contributed by atoms with Crippen molar-refractivity contribution in [1.82, 2.24) is 15.5 Å². The van der Waals surface area contributed by atoms with Gasteiger partial charge in [0, 0.05) is 37.0 Å². The van der Waals surface area contributed by atoms with Gasteiger partial charge >= 0.3 is 6.03 Å². The Morgan fingerprint density at radius 2 is 2.09 bits per heavy atom. The molecule has 0 spiro atoms. The Morgan fingerprint density at radius 3 is 2.84 bits per heavy atom. The van der Waals surface area contributed by atoms with Crippen LogP contribution in [0.2, 0.25) is 0 Å². The molecule has 2 aliphatic heterocycles. The maximum Gasteiger partial charge on any atom is 0.319 e. The van der Waals surface area contributed by atoms with E-state index in [2.05, 4.69) is 16.0 Å². The summed E-state index contributed by atoms with van der Waals surface area (Å²) in [4.78, 5) is 60.0. The number of hydrogen-bond donors (Lipinski definition) is 3. The molecule has 5 amide bonds. The van der Waals surface area contributed by atoms with E-state index in [4.69, 9.17) is 0 Å². The highest BCUT2D eigenvalue weighted by atomic mass is 16.6. The van der Waals surface area contributed by atoms with E-state index in [0.717, 1.165) is 5.57 Å². The summed E-state index contributed by atoms with van der Waals surface area (Å²) in [6, 6.07) is 4.33. The minimum absolute atomic E-state index is 0.134. The van der Waals surface area contributed by atoms with Gasteiger partial charge in [0.25, 0.3) is 5.69 Å². The Bertz CT molecular complexity index is 1120. The summed E-state index contributed by atoms with van der Waals surface area (Å²) in [6.07, 6.45) is 7.25. The van der Waals surface area contributed by atoms with E-state index < -0.39 is 28.8 Å². The van der Waals surface area contributed by atoms with Crippen LogP contribution in [-0.4, -0.2) is 46.2 Å². The van der Waals surface area contributed by atoms with Gasteiger partial charge in [-0.1, -0.05) is 24.3 Å². The molecule has 4 rings (SSSR count). The van der Waals surface area contributed by atoms with Gasteiger partial charge in [0.05, 0.1) is 10.8 Å². The van der Waals surface area contributed by atoms with Crippen LogP contribution in [-0.2, 0) is 14.4 Å². The molecule has 1 aromatic rings. The van der Waals surface area contributed by atoms with Crippen LogP contribution in [0, 0.1) is 16.0 Å². The van der Waals surface area contributed by atoms with Gasteiger partial charge in [-0.05, 0) is 23.6 Å². The van der Waals surface area contributed by atoms with Gasteiger partial charge in [0.2, 0.25) is 17.7 Å². The van der Waals surface area contributed by atoms with E-state index >= 15 is 0 Å². The van der Waals surface area contributed by atoms with E-state index in [9.17, 15) is 29.3 Å². The number of fused-ring (bicyclic) bond motifs is 1. The molecule has 0 bridgehead atoms. The maximum atomic E-state index is 12.7. The molecule has 0 radical (unpaired) electrons. The molecular weight excluding hydrogens is 418 g/mol. The van der Waals surface area contributed by atoms with Gasteiger partial charge in [-0.15, -0.1) is 0 Å². The number of piperidine rings is 1. The molecule has 0 saturated carbocycles. The SMILES string of the molecule is O=C1CCC(N2C=C3C=C(CNC(=O)Nc4cccc([N+](=O)[O-])c4)C=CC3C2=O)C(=O)N1. The van der Waals surface area contributed by atoms with E-state index in [1.54, 1.807) is 24.4 Å². The molecule has 2 unspecified atom stereocenters. The van der Waals surface area contributed by atoms with Crippen molar-refractivity contribution in [2.75, 3.05) is 11.9 Å². The van der Waals surface area contributed by atoms with E-state index in [1.807, 2.05) is 0 Å². The lowest BCUT2D eigenvalue weighted by Gasteiger charge is -2.28. The van der Waals surface area contributed by atoms with Crippen molar-refractivity contribution < 1.29 is 24.1 Å². The third-order valence-corrected chi connectivity index (χ3v) is 5.34. The van der Waals surface area contributed by atoms with Crippen LogP contribution in [0.5, 0.6) is 0 Å². The Morgan fingerprint density at radius 1 is 1.28 bits per heavy atom. The topological polar surface area (TPSA) is 151 Å². The van der Waals surface area contributed by atoms with Crippen LogP contribution < -0.4 is 16.0 Å². The van der Waals surface area contributed by atoms with E-state index in [1.165, 1.54) is 29.2 Å². The number of hydrogen-bond acceptors (Lipinski definition) is 6. The van der Waals surface area contributed by atoms with Crippen molar-refractivity contribution in [2.45, 2.75) is 18.9 Å². The molecule has 3 aliphatic rings. The number of urea groups is 1. The van der Waals surface area contributed by atoms with Crippen LogP contribution >= 0.6 is 0 Å². The van der Waals surface area contributed by atoms with Gasteiger partial charge in [0.15, 0.2) is 0 Å². The van der Waals surface area contributed by atoms with Crippen LogP contribution in [0.1, 0.15) is 12.8 Å². The highest BCUT2D eigenvalue weighted by molar-refractivity contribution is 6.03. The first-order valence-electron chi connectivity index (χ1n) is 9.87. The fourth-order valence-corrected chi connectivity index (χ4v) is 3.77. The number of imide groups is 1. The number of nitrogens with one attached hydrogen (secondary N) is 3. The molecule has 1 aliphatic carbocycles. The average molecular weight is 437 g/mol. The first kappa shape index (κ1) is 21.0.